The third kappa shape index (κ3) is 4.60. The number of carbonyl (C=O) groups excluding carboxylic acids is 1. The van der Waals surface area contributed by atoms with Gasteiger partial charge in [-0.1, -0.05) is 42.5 Å². The fourth-order valence-corrected chi connectivity index (χ4v) is 4.07. The fourth-order valence-electron chi connectivity index (χ4n) is 4.07. The number of methoxy groups -OCH3 is 1. The van der Waals surface area contributed by atoms with Crippen molar-refractivity contribution in [2.45, 2.75) is 50.5 Å². The maximum Gasteiger partial charge on any atom is 0.306 e. The summed E-state index contributed by atoms with van der Waals surface area (Å²) in [7, 11) is 1.47. The number of fused-ring (bicyclic) bond motifs is 1. The van der Waals surface area contributed by atoms with Crippen molar-refractivity contribution in [3.05, 3.63) is 77.9 Å². The Morgan fingerprint density at radius 1 is 1.22 bits per heavy atom. The molecule has 0 aliphatic heterocycles. The number of ether oxygens (including phenoxy) is 2. The number of carbonyl (C=O) groups is 1. The third-order valence-electron chi connectivity index (χ3n) is 5.55. The lowest BCUT2D eigenvalue weighted by molar-refractivity contribution is -0.142. The molecule has 0 N–H and O–H groups in total. The van der Waals surface area contributed by atoms with Crippen LogP contribution in [0, 0.1) is 0 Å². The second-order valence-corrected chi connectivity index (χ2v) is 7.31. The van der Waals surface area contributed by atoms with Gasteiger partial charge in [-0.25, -0.2) is 0 Å². The summed E-state index contributed by atoms with van der Waals surface area (Å²) in [5.41, 5.74) is 3.56. The highest BCUT2D eigenvalue weighted by molar-refractivity contribution is 5.72. The molecular weight excluding hydrogens is 336 g/mol. The zero-order valence-corrected chi connectivity index (χ0v) is 16.1. The quantitative estimate of drug-likeness (QED) is 0.341. The smallest absolute Gasteiger partial charge is 0.306 e. The standard InChI is InChI=1S/C24H28O3/c1-3-4-8-14-24(17-23(25)26-2)15-13-20-11-12-21(16-22(20)24)27-18-19-9-6-5-7-10-19/h3,5-7,9-12,16H,1,4,8,13-15,17-18H2,2H3. The molecule has 0 spiro atoms. The molecule has 1 aliphatic rings. The minimum absolute atomic E-state index is 0.142. The number of hydrogen-bond donors (Lipinski definition) is 0. The number of aryl methyl sites for hydroxylation is 1. The third-order valence-corrected chi connectivity index (χ3v) is 5.55. The molecule has 0 radical (unpaired) electrons. The van der Waals surface area contributed by atoms with Crippen molar-refractivity contribution in [1.29, 1.82) is 0 Å². The normalized spacial score (nSPS) is 18.0. The van der Waals surface area contributed by atoms with E-state index in [-0.39, 0.29) is 11.4 Å². The van der Waals surface area contributed by atoms with Crippen LogP contribution in [0.15, 0.2) is 61.2 Å². The fraction of sp³-hybridized carbons (Fsp3) is 0.375. The van der Waals surface area contributed by atoms with Gasteiger partial charge in [0, 0.05) is 5.41 Å². The van der Waals surface area contributed by atoms with Gasteiger partial charge in [0.15, 0.2) is 0 Å². The molecule has 0 bridgehead atoms. The van der Waals surface area contributed by atoms with Gasteiger partial charge in [-0.3, -0.25) is 4.79 Å². The van der Waals surface area contributed by atoms with Gasteiger partial charge in [-0.2, -0.15) is 0 Å². The van der Waals surface area contributed by atoms with Crippen LogP contribution in [-0.2, 0) is 28.0 Å². The molecule has 0 fully saturated rings. The molecule has 3 heteroatoms. The van der Waals surface area contributed by atoms with Crippen molar-refractivity contribution in [3.63, 3.8) is 0 Å². The highest BCUT2D eigenvalue weighted by Gasteiger charge is 2.40. The van der Waals surface area contributed by atoms with Crippen LogP contribution in [0.5, 0.6) is 5.75 Å². The molecule has 1 atom stereocenters. The van der Waals surface area contributed by atoms with Gasteiger partial charge in [-0.05, 0) is 60.9 Å². The zero-order chi connectivity index (χ0) is 19.1. The van der Waals surface area contributed by atoms with Crippen molar-refractivity contribution < 1.29 is 14.3 Å². The Kier molecular flexibility index (Phi) is 6.33. The number of unbranched alkanes of at least 4 members (excludes halogenated alkanes) is 1. The van der Waals surface area contributed by atoms with E-state index in [1.54, 1.807) is 0 Å². The lowest BCUT2D eigenvalue weighted by Crippen LogP contribution is -2.27. The van der Waals surface area contributed by atoms with E-state index < -0.39 is 0 Å². The summed E-state index contributed by atoms with van der Waals surface area (Å²) in [6, 6.07) is 16.5. The Bertz CT molecular complexity index is 781. The Morgan fingerprint density at radius 2 is 2.04 bits per heavy atom. The van der Waals surface area contributed by atoms with Crippen LogP contribution in [0.3, 0.4) is 0 Å². The number of benzene rings is 2. The van der Waals surface area contributed by atoms with E-state index in [0.29, 0.717) is 13.0 Å². The van der Waals surface area contributed by atoms with Crippen LogP contribution in [-0.4, -0.2) is 13.1 Å². The van der Waals surface area contributed by atoms with E-state index in [1.165, 1.54) is 18.2 Å². The highest BCUT2D eigenvalue weighted by atomic mass is 16.5. The maximum absolute atomic E-state index is 12.1. The van der Waals surface area contributed by atoms with Crippen LogP contribution in [0.25, 0.3) is 0 Å². The summed E-state index contributed by atoms with van der Waals surface area (Å²) in [5.74, 6) is 0.717. The first-order valence-electron chi connectivity index (χ1n) is 9.65. The van der Waals surface area contributed by atoms with Gasteiger partial charge < -0.3 is 9.47 Å². The minimum atomic E-state index is -0.155. The van der Waals surface area contributed by atoms with Gasteiger partial charge in [0.1, 0.15) is 12.4 Å². The average molecular weight is 364 g/mol. The topological polar surface area (TPSA) is 35.5 Å². The Morgan fingerprint density at radius 3 is 2.78 bits per heavy atom. The van der Waals surface area contributed by atoms with E-state index in [1.807, 2.05) is 30.3 Å². The monoisotopic (exact) mass is 364 g/mol. The van der Waals surface area contributed by atoms with Crippen molar-refractivity contribution in [2.75, 3.05) is 7.11 Å². The van der Waals surface area contributed by atoms with Crippen LogP contribution < -0.4 is 4.74 Å². The van der Waals surface area contributed by atoms with Crippen LogP contribution in [0.1, 0.15) is 48.8 Å². The number of esters is 1. The predicted molar refractivity (Wildman–Crippen MR) is 108 cm³/mol. The summed E-state index contributed by atoms with van der Waals surface area (Å²) in [6.07, 6.45) is 7.30. The lowest BCUT2D eigenvalue weighted by atomic mass is 9.74. The molecule has 2 aromatic rings. The molecule has 142 valence electrons. The van der Waals surface area contributed by atoms with Crippen molar-refractivity contribution in [2.24, 2.45) is 0 Å². The summed E-state index contributed by atoms with van der Waals surface area (Å²) in [4.78, 5) is 12.1. The molecule has 0 heterocycles. The lowest BCUT2D eigenvalue weighted by Gasteiger charge is -2.30. The van der Waals surface area contributed by atoms with E-state index >= 15 is 0 Å². The SMILES string of the molecule is C=CCCCC1(CC(=O)OC)CCc2ccc(OCc3ccccc3)cc21. The van der Waals surface area contributed by atoms with Gasteiger partial charge in [0.25, 0.3) is 0 Å². The van der Waals surface area contributed by atoms with Gasteiger partial charge in [0.05, 0.1) is 13.5 Å². The van der Waals surface area contributed by atoms with Crippen molar-refractivity contribution in [3.8, 4) is 5.75 Å². The summed E-state index contributed by atoms with van der Waals surface area (Å²) in [5, 5.41) is 0. The predicted octanol–water partition coefficient (Wildman–Crippen LogP) is 5.37. The number of rotatable bonds is 9. The highest BCUT2D eigenvalue weighted by Crippen LogP contribution is 2.46. The average Bonchev–Trinajstić information content (AvgIpc) is 3.05. The summed E-state index contributed by atoms with van der Waals surface area (Å²) >= 11 is 0. The Labute approximate surface area is 162 Å². The van der Waals surface area contributed by atoms with E-state index in [9.17, 15) is 4.79 Å². The van der Waals surface area contributed by atoms with E-state index in [4.69, 9.17) is 9.47 Å². The Balaban J connectivity index is 1.82. The molecule has 2 aromatic carbocycles. The van der Waals surface area contributed by atoms with Crippen LogP contribution >= 0.6 is 0 Å². The van der Waals surface area contributed by atoms with Crippen molar-refractivity contribution in [1.82, 2.24) is 0 Å². The molecule has 0 aromatic heterocycles. The molecule has 27 heavy (non-hydrogen) atoms. The Hall–Kier alpha value is -2.55. The first-order chi connectivity index (χ1) is 13.2. The van der Waals surface area contributed by atoms with Crippen LogP contribution in [0.2, 0.25) is 0 Å². The summed E-state index contributed by atoms with van der Waals surface area (Å²) in [6.45, 7) is 4.37. The largest absolute Gasteiger partial charge is 0.489 e. The maximum atomic E-state index is 12.1. The molecule has 0 saturated heterocycles. The van der Waals surface area contributed by atoms with Gasteiger partial charge >= 0.3 is 5.97 Å². The minimum Gasteiger partial charge on any atom is -0.489 e. The molecule has 0 amide bonds. The molecule has 3 nitrogen and oxygen atoms in total. The second kappa shape index (κ2) is 8.90. The first-order valence-corrected chi connectivity index (χ1v) is 9.65. The summed E-state index contributed by atoms with van der Waals surface area (Å²) < 4.78 is 11.0. The van der Waals surface area contributed by atoms with Crippen LogP contribution in [0.4, 0.5) is 0 Å². The van der Waals surface area contributed by atoms with E-state index in [0.717, 1.165) is 43.4 Å². The molecule has 3 rings (SSSR count). The molecular formula is C24H28O3. The molecule has 0 saturated carbocycles. The first kappa shape index (κ1) is 19.2. The van der Waals surface area contributed by atoms with Gasteiger partial charge in [0.2, 0.25) is 0 Å². The molecule has 1 aliphatic carbocycles. The number of hydrogen-bond acceptors (Lipinski definition) is 3. The second-order valence-electron chi connectivity index (χ2n) is 7.31. The molecule has 1 unspecified atom stereocenters. The van der Waals surface area contributed by atoms with E-state index in [2.05, 4.69) is 30.8 Å². The van der Waals surface area contributed by atoms with Crippen molar-refractivity contribution >= 4 is 5.97 Å². The number of allylic oxidation sites excluding steroid dienone is 1. The zero-order valence-electron chi connectivity index (χ0n) is 16.1. The van der Waals surface area contributed by atoms with Gasteiger partial charge in [-0.15, -0.1) is 6.58 Å².